The van der Waals surface area contributed by atoms with Crippen molar-refractivity contribution in [3.63, 3.8) is 0 Å². The fourth-order valence-corrected chi connectivity index (χ4v) is 3.52. The zero-order valence-electron chi connectivity index (χ0n) is 16.1. The molecule has 2 saturated heterocycles. The van der Waals surface area contributed by atoms with Crippen LogP contribution >= 0.6 is 0 Å². The van der Waals surface area contributed by atoms with Gasteiger partial charge in [0.1, 0.15) is 5.57 Å². The van der Waals surface area contributed by atoms with Crippen molar-refractivity contribution in [1.29, 1.82) is 0 Å². The third-order valence-electron chi connectivity index (χ3n) is 4.95. The van der Waals surface area contributed by atoms with E-state index in [1.165, 1.54) is 0 Å². The summed E-state index contributed by atoms with van der Waals surface area (Å²) >= 11 is 0. The molecule has 7 nitrogen and oxygen atoms in total. The van der Waals surface area contributed by atoms with E-state index in [1.54, 1.807) is 24.3 Å². The van der Waals surface area contributed by atoms with E-state index < -0.39 is 17.8 Å². The van der Waals surface area contributed by atoms with E-state index in [0.717, 1.165) is 34.8 Å². The molecule has 2 aromatic carbocycles. The zero-order chi connectivity index (χ0) is 20.4. The molecule has 148 valence electrons. The number of amides is 4. The number of carbonyl (C=O) groups excluding carboxylic acids is 3. The average molecular weight is 391 g/mol. The highest BCUT2D eigenvalue weighted by atomic mass is 16.5. The van der Waals surface area contributed by atoms with Crippen molar-refractivity contribution in [3.05, 3.63) is 65.2 Å². The maximum atomic E-state index is 13.1. The summed E-state index contributed by atoms with van der Waals surface area (Å²) < 4.78 is 5.41. The van der Waals surface area contributed by atoms with Crippen molar-refractivity contribution in [1.82, 2.24) is 5.32 Å². The van der Waals surface area contributed by atoms with E-state index in [4.69, 9.17) is 4.74 Å². The second kappa shape index (κ2) is 7.89. The van der Waals surface area contributed by atoms with Gasteiger partial charge >= 0.3 is 6.03 Å². The summed E-state index contributed by atoms with van der Waals surface area (Å²) in [5, 5.41) is 2.27. The molecular formula is C22H21N3O4. The number of nitrogens with one attached hydrogen (secondary N) is 1. The van der Waals surface area contributed by atoms with Crippen molar-refractivity contribution < 1.29 is 19.1 Å². The number of morpholine rings is 1. The monoisotopic (exact) mass is 391 g/mol. The summed E-state index contributed by atoms with van der Waals surface area (Å²) in [7, 11) is 0. The van der Waals surface area contributed by atoms with E-state index in [9.17, 15) is 14.4 Å². The number of imide groups is 2. The van der Waals surface area contributed by atoms with E-state index in [2.05, 4.69) is 10.2 Å². The first-order valence-corrected chi connectivity index (χ1v) is 9.44. The van der Waals surface area contributed by atoms with Gasteiger partial charge in [-0.3, -0.25) is 14.9 Å². The van der Waals surface area contributed by atoms with Gasteiger partial charge in [0.15, 0.2) is 0 Å². The first kappa shape index (κ1) is 18.9. The van der Waals surface area contributed by atoms with Gasteiger partial charge in [-0.2, -0.15) is 0 Å². The molecule has 0 spiro atoms. The molecular weight excluding hydrogens is 370 g/mol. The van der Waals surface area contributed by atoms with Crippen LogP contribution in [0.4, 0.5) is 16.2 Å². The van der Waals surface area contributed by atoms with Crippen molar-refractivity contribution in [3.8, 4) is 0 Å². The highest BCUT2D eigenvalue weighted by Gasteiger charge is 2.37. The Morgan fingerprint density at radius 1 is 1.00 bits per heavy atom. The lowest BCUT2D eigenvalue weighted by Gasteiger charge is -2.30. The second-order valence-electron chi connectivity index (χ2n) is 6.96. The molecule has 2 aromatic rings. The molecule has 0 aromatic heterocycles. The first-order valence-electron chi connectivity index (χ1n) is 9.44. The van der Waals surface area contributed by atoms with Gasteiger partial charge in [-0.25, -0.2) is 9.69 Å². The molecule has 1 N–H and O–H groups in total. The molecule has 0 aliphatic carbocycles. The third-order valence-corrected chi connectivity index (χ3v) is 4.95. The number of rotatable bonds is 3. The number of para-hydroxylation sites is 1. The van der Waals surface area contributed by atoms with Gasteiger partial charge in [0.25, 0.3) is 11.8 Å². The van der Waals surface area contributed by atoms with E-state index in [1.807, 2.05) is 37.3 Å². The van der Waals surface area contributed by atoms with E-state index >= 15 is 0 Å². The number of barbiturate groups is 1. The van der Waals surface area contributed by atoms with Gasteiger partial charge < -0.3 is 9.64 Å². The summed E-state index contributed by atoms with van der Waals surface area (Å²) in [6.07, 6.45) is 1.55. The van der Waals surface area contributed by atoms with Crippen LogP contribution in [-0.4, -0.2) is 44.1 Å². The standard InChI is InChI=1S/C22H21N3O4/c1-15-5-4-7-17(13-15)25-21(27)18(20(26)23-22(25)28)14-16-6-2-3-8-19(16)24-9-11-29-12-10-24/h2-8,13-14H,9-12H2,1H3,(H,23,26,28)/b18-14+. The number of nitrogens with zero attached hydrogens (tertiary/aromatic N) is 2. The molecule has 4 rings (SSSR count). The van der Waals surface area contributed by atoms with Crippen molar-refractivity contribution in [2.75, 3.05) is 36.1 Å². The van der Waals surface area contributed by atoms with Crippen LogP contribution in [0.25, 0.3) is 6.08 Å². The van der Waals surface area contributed by atoms with Crippen LogP contribution in [0, 0.1) is 6.92 Å². The Morgan fingerprint density at radius 3 is 2.52 bits per heavy atom. The van der Waals surface area contributed by atoms with Crippen LogP contribution in [0.3, 0.4) is 0 Å². The molecule has 0 bridgehead atoms. The number of ether oxygens (including phenoxy) is 1. The Hall–Kier alpha value is -3.45. The van der Waals surface area contributed by atoms with Crippen LogP contribution in [0.2, 0.25) is 0 Å². The minimum atomic E-state index is -0.746. The highest BCUT2D eigenvalue weighted by molar-refractivity contribution is 6.39. The predicted molar refractivity (Wildman–Crippen MR) is 110 cm³/mol. The summed E-state index contributed by atoms with van der Waals surface area (Å²) in [5.74, 6) is -1.33. The molecule has 0 radical (unpaired) electrons. The van der Waals surface area contributed by atoms with Crippen molar-refractivity contribution in [2.45, 2.75) is 6.92 Å². The molecule has 7 heteroatoms. The van der Waals surface area contributed by atoms with E-state index in [-0.39, 0.29) is 5.57 Å². The van der Waals surface area contributed by atoms with Crippen LogP contribution in [0.1, 0.15) is 11.1 Å². The maximum Gasteiger partial charge on any atom is 0.335 e. The van der Waals surface area contributed by atoms with Crippen LogP contribution in [-0.2, 0) is 14.3 Å². The first-order chi connectivity index (χ1) is 14.0. The Morgan fingerprint density at radius 2 is 1.76 bits per heavy atom. The van der Waals surface area contributed by atoms with Crippen LogP contribution in [0.15, 0.2) is 54.1 Å². The Kier molecular flexibility index (Phi) is 5.14. The average Bonchev–Trinajstić information content (AvgIpc) is 2.72. The van der Waals surface area contributed by atoms with Gasteiger partial charge in [-0.05, 0) is 42.3 Å². The number of urea groups is 1. The Labute approximate surface area is 168 Å². The minimum absolute atomic E-state index is 0.0770. The summed E-state index contributed by atoms with van der Waals surface area (Å²) in [5.41, 5.74) is 2.91. The molecule has 2 fully saturated rings. The van der Waals surface area contributed by atoms with Gasteiger partial charge in [0, 0.05) is 18.8 Å². The number of anilines is 2. The van der Waals surface area contributed by atoms with Gasteiger partial charge in [-0.1, -0.05) is 30.3 Å². The van der Waals surface area contributed by atoms with Gasteiger partial charge in [0.2, 0.25) is 0 Å². The highest BCUT2D eigenvalue weighted by Crippen LogP contribution is 2.27. The summed E-state index contributed by atoms with van der Waals surface area (Å²) in [4.78, 5) is 41.1. The summed E-state index contributed by atoms with van der Waals surface area (Å²) in [6, 6.07) is 13.9. The fourth-order valence-electron chi connectivity index (χ4n) is 3.52. The molecule has 2 aliphatic rings. The lowest BCUT2D eigenvalue weighted by atomic mass is 10.0. The molecule has 0 saturated carbocycles. The summed E-state index contributed by atoms with van der Waals surface area (Å²) in [6.45, 7) is 4.58. The maximum absolute atomic E-state index is 13.1. The number of aryl methyl sites for hydroxylation is 1. The SMILES string of the molecule is Cc1cccc(N2C(=O)NC(=O)/C(=C\c3ccccc3N3CCOCC3)C2=O)c1. The topological polar surface area (TPSA) is 79.0 Å². The number of carbonyl (C=O) groups is 3. The lowest BCUT2D eigenvalue weighted by Crippen LogP contribution is -2.54. The molecule has 2 aliphatic heterocycles. The predicted octanol–water partition coefficient (Wildman–Crippen LogP) is 2.50. The zero-order valence-corrected chi connectivity index (χ0v) is 16.1. The second-order valence-corrected chi connectivity index (χ2v) is 6.96. The quantitative estimate of drug-likeness (QED) is 0.642. The molecule has 2 heterocycles. The lowest BCUT2D eigenvalue weighted by molar-refractivity contribution is -0.122. The van der Waals surface area contributed by atoms with Crippen molar-refractivity contribution in [2.24, 2.45) is 0 Å². The van der Waals surface area contributed by atoms with Crippen LogP contribution < -0.4 is 15.1 Å². The molecule has 0 unspecified atom stereocenters. The molecule has 4 amide bonds. The third kappa shape index (κ3) is 3.77. The molecule has 29 heavy (non-hydrogen) atoms. The number of hydrogen-bond donors (Lipinski definition) is 1. The van der Waals surface area contributed by atoms with Gasteiger partial charge in [0.05, 0.1) is 18.9 Å². The molecule has 0 atom stereocenters. The van der Waals surface area contributed by atoms with Crippen molar-refractivity contribution >= 4 is 35.3 Å². The Bertz CT molecular complexity index is 1010. The largest absolute Gasteiger partial charge is 0.378 e. The Balaban J connectivity index is 1.72. The minimum Gasteiger partial charge on any atom is -0.378 e. The normalized spacial score (nSPS) is 18.9. The number of hydrogen-bond acceptors (Lipinski definition) is 5. The van der Waals surface area contributed by atoms with E-state index in [0.29, 0.717) is 18.9 Å². The smallest absolute Gasteiger partial charge is 0.335 e. The fraction of sp³-hybridized carbons (Fsp3) is 0.227. The number of benzene rings is 2. The van der Waals surface area contributed by atoms with Crippen LogP contribution in [0.5, 0.6) is 0 Å². The van der Waals surface area contributed by atoms with Gasteiger partial charge in [-0.15, -0.1) is 0 Å².